The Hall–Kier alpha value is -0.420. The molecule has 0 aliphatic heterocycles. The molecule has 2 aliphatic rings. The highest BCUT2D eigenvalue weighted by Gasteiger charge is 2.54. The highest BCUT2D eigenvalue weighted by Crippen LogP contribution is 2.52. The van der Waals surface area contributed by atoms with Gasteiger partial charge < -0.3 is 0 Å². The Labute approximate surface area is 122 Å². The van der Waals surface area contributed by atoms with Crippen molar-refractivity contribution >= 4 is 15.9 Å². The van der Waals surface area contributed by atoms with Crippen molar-refractivity contribution < 1.29 is 17.4 Å². The summed E-state index contributed by atoms with van der Waals surface area (Å²) in [7, 11) is -3.52. The molecule has 0 unspecified atom stereocenters. The van der Waals surface area contributed by atoms with E-state index in [-0.39, 0.29) is 17.6 Å². The maximum Gasteiger partial charge on any atom is 0.264 e. The quantitative estimate of drug-likeness (QED) is 0.752. The fourth-order valence-corrected chi connectivity index (χ4v) is 5.26. The smallest absolute Gasteiger partial charge is 0.264 e. The second-order valence-corrected chi connectivity index (χ2v) is 8.54. The Balaban J connectivity index is 2.40. The van der Waals surface area contributed by atoms with Crippen molar-refractivity contribution in [3.05, 3.63) is 0 Å². The molecule has 0 saturated heterocycles. The molecule has 0 aromatic heterocycles. The lowest BCUT2D eigenvalue weighted by Gasteiger charge is -2.53. The van der Waals surface area contributed by atoms with E-state index in [1.807, 2.05) is 13.8 Å². The molecule has 2 aliphatic carbocycles. The van der Waals surface area contributed by atoms with Crippen molar-refractivity contribution in [3.8, 4) is 0 Å². The average molecular weight is 302 g/mol. The first-order valence-electron chi connectivity index (χ1n) is 7.58. The van der Waals surface area contributed by atoms with E-state index < -0.39 is 15.7 Å². The maximum absolute atomic E-state index is 11.9. The van der Waals surface area contributed by atoms with Crippen molar-refractivity contribution in [1.82, 2.24) is 0 Å². The van der Waals surface area contributed by atoms with Gasteiger partial charge in [-0.25, -0.2) is 0 Å². The first-order valence-corrected chi connectivity index (χ1v) is 9.39. The standard InChI is InChI=1S/C15H26O4S/c1-10(2)15(19-20(4,17)18)8-7-11(3)13-6-5-12(16)9-14(13)15/h10-11,13-14H,5-9H2,1-4H3/t11-,13+,14+,15-/m1/s1. The lowest BCUT2D eigenvalue weighted by molar-refractivity contribution is -0.140. The number of Topliss-reactive ketones (excluding diaryl/α,β-unsaturated/α-hetero) is 1. The predicted octanol–water partition coefficient (Wildman–Crippen LogP) is 2.77. The number of hydrogen-bond acceptors (Lipinski definition) is 4. The number of hydrogen-bond donors (Lipinski definition) is 0. The van der Waals surface area contributed by atoms with Crippen molar-refractivity contribution in [1.29, 1.82) is 0 Å². The predicted molar refractivity (Wildman–Crippen MR) is 77.7 cm³/mol. The van der Waals surface area contributed by atoms with Crippen LogP contribution in [0, 0.1) is 23.7 Å². The number of rotatable bonds is 3. The van der Waals surface area contributed by atoms with Crippen LogP contribution in [0.5, 0.6) is 0 Å². The summed E-state index contributed by atoms with van der Waals surface area (Å²) in [5.74, 6) is 1.33. The summed E-state index contributed by atoms with van der Waals surface area (Å²) < 4.78 is 29.1. The van der Waals surface area contributed by atoms with Crippen LogP contribution in [0.3, 0.4) is 0 Å². The molecule has 20 heavy (non-hydrogen) atoms. The van der Waals surface area contributed by atoms with Crippen LogP contribution in [0.1, 0.15) is 52.9 Å². The molecule has 0 N–H and O–H groups in total. The first kappa shape index (κ1) is 16.0. The summed E-state index contributed by atoms with van der Waals surface area (Å²) in [5.41, 5.74) is -0.694. The van der Waals surface area contributed by atoms with Crippen molar-refractivity contribution in [3.63, 3.8) is 0 Å². The molecular formula is C15H26O4S. The van der Waals surface area contributed by atoms with Gasteiger partial charge in [0, 0.05) is 12.8 Å². The second kappa shape index (κ2) is 5.41. The van der Waals surface area contributed by atoms with Crippen LogP contribution >= 0.6 is 0 Å². The zero-order valence-electron chi connectivity index (χ0n) is 12.9. The van der Waals surface area contributed by atoms with Gasteiger partial charge in [0.1, 0.15) is 5.78 Å². The molecule has 2 saturated carbocycles. The van der Waals surface area contributed by atoms with Gasteiger partial charge in [-0.2, -0.15) is 8.42 Å². The fraction of sp³-hybridized carbons (Fsp3) is 0.933. The first-order chi connectivity index (χ1) is 9.16. The SMILES string of the molecule is CC(C)[C@]1(OS(C)(=O)=O)CC[C@@H](C)[C@@H]2CCC(=O)C[C@@H]21. The van der Waals surface area contributed by atoms with Crippen LogP contribution in [-0.2, 0) is 19.1 Å². The van der Waals surface area contributed by atoms with Crippen molar-refractivity contribution in [2.45, 2.75) is 58.5 Å². The van der Waals surface area contributed by atoms with Crippen molar-refractivity contribution in [2.75, 3.05) is 6.26 Å². The van der Waals surface area contributed by atoms with E-state index in [9.17, 15) is 13.2 Å². The number of fused-ring (bicyclic) bond motifs is 1. The minimum absolute atomic E-state index is 0.0437. The molecule has 0 bridgehead atoms. The van der Waals surface area contributed by atoms with Gasteiger partial charge in [0.15, 0.2) is 0 Å². The molecular weight excluding hydrogens is 276 g/mol. The Morgan fingerprint density at radius 1 is 1.30 bits per heavy atom. The number of carbonyl (C=O) groups is 1. The van der Waals surface area contributed by atoms with E-state index in [1.165, 1.54) is 0 Å². The molecule has 0 spiro atoms. The van der Waals surface area contributed by atoms with E-state index >= 15 is 0 Å². The van der Waals surface area contributed by atoms with Gasteiger partial charge >= 0.3 is 0 Å². The zero-order chi connectivity index (χ0) is 15.1. The van der Waals surface area contributed by atoms with E-state index in [0.29, 0.717) is 24.7 Å². The lowest BCUT2D eigenvalue weighted by Crippen LogP contribution is -2.56. The molecule has 2 rings (SSSR count). The van der Waals surface area contributed by atoms with Crippen LogP contribution < -0.4 is 0 Å². The number of ketones is 1. The van der Waals surface area contributed by atoms with Gasteiger partial charge in [0.05, 0.1) is 11.9 Å². The largest absolute Gasteiger partial charge is 0.300 e. The third kappa shape index (κ3) is 2.93. The molecule has 4 atom stereocenters. The second-order valence-electron chi connectivity index (χ2n) is 6.96. The fourth-order valence-electron chi connectivity index (χ4n) is 4.29. The van der Waals surface area contributed by atoms with Crippen LogP contribution in [0.2, 0.25) is 0 Å². The lowest BCUT2D eigenvalue weighted by atomic mass is 9.56. The summed E-state index contributed by atoms with van der Waals surface area (Å²) >= 11 is 0. The molecule has 5 heteroatoms. The van der Waals surface area contributed by atoms with Crippen LogP contribution in [0.25, 0.3) is 0 Å². The van der Waals surface area contributed by atoms with Crippen LogP contribution in [-0.4, -0.2) is 26.1 Å². The highest BCUT2D eigenvalue weighted by molar-refractivity contribution is 7.86. The van der Waals surface area contributed by atoms with E-state index in [0.717, 1.165) is 25.5 Å². The third-order valence-electron chi connectivity index (χ3n) is 5.35. The molecule has 4 nitrogen and oxygen atoms in total. The number of carbonyl (C=O) groups excluding carboxylic acids is 1. The van der Waals surface area contributed by atoms with E-state index in [4.69, 9.17) is 4.18 Å². The van der Waals surface area contributed by atoms with E-state index in [1.54, 1.807) is 0 Å². The Morgan fingerprint density at radius 2 is 1.95 bits per heavy atom. The summed E-state index contributed by atoms with van der Waals surface area (Å²) in [6.07, 6.45) is 4.82. The Bertz CT molecular complexity index is 482. The summed E-state index contributed by atoms with van der Waals surface area (Å²) in [6.45, 7) is 6.24. The molecule has 0 aromatic carbocycles. The molecule has 0 amide bonds. The van der Waals surface area contributed by atoms with Gasteiger partial charge in [-0.15, -0.1) is 0 Å². The monoisotopic (exact) mass is 302 g/mol. The van der Waals surface area contributed by atoms with Gasteiger partial charge in [-0.05, 0) is 42.9 Å². The maximum atomic E-state index is 11.9. The van der Waals surface area contributed by atoms with E-state index in [2.05, 4.69) is 6.92 Å². The summed E-state index contributed by atoms with van der Waals surface area (Å²) in [4.78, 5) is 11.9. The molecule has 116 valence electrons. The van der Waals surface area contributed by atoms with Crippen LogP contribution in [0.15, 0.2) is 0 Å². The van der Waals surface area contributed by atoms with Crippen molar-refractivity contribution in [2.24, 2.45) is 23.7 Å². The normalized spacial score (nSPS) is 38.9. The zero-order valence-corrected chi connectivity index (χ0v) is 13.7. The summed E-state index contributed by atoms with van der Waals surface area (Å²) in [5, 5.41) is 0. The van der Waals surface area contributed by atoms with Gasteiger partial charge in [0.25, 0.3) is 10.1 Å². The summed E-state index contributed by atoms with van der Waals surface area (Å²) in [6, 6.07) is 0. The Morgan fingerprint density at radius 3 is 2.50 bits per heavy atom. The molecule has 0 heterocycles. The van der Waals surface area contributed by atoms with Gasteiger partial charge in [-0.3, -0.25) is 8.98 Å². The minimum Gasteiger partial charge on any atom is -0.300 e. The topological polar surface area (TPSA) is 60.4 Å². The Kier molecular flexibility index (Phi) is 4.32. The van der Waals surface area contributed by atoms with Gasteiger partial charge in [-0.1, -0.05) is 20.8 Å². The highest BCUT2D eigenvalue weighted by atomic mass is 32.2. The minimum atomic E-state index is -3.52. The third-order valence-corrected chi connectivity index (χ3v) is 5.97. The molecule has 0 aromatic rings. The van der Waals surface area contributed by atoms with Gasteiger partial charge in [0.2, 0.25) is 0 Å². The average Bonchev–Trinajstić information content (AvgIpc) is 2.31. The molecule has 0 radical (unpaired) electrons. The molecule has 2 fully saturated rings. The van der Waals surface area contributed by atoms with Crippen LogP contribution in [0.4, 0.5) is 0 Å².